The Morgan fingerprint density at radius 3 is 2.74 bits per heavy atom. The molecule has 2 saturated heterocycles. The van der Waals surface area contributed by atoms with Crippen LogP contribution in [0.1, 0.15) is 26.7 Å². The molecule has 2 aliphatic heterocycles. The van der Waals surface area contributed by atoms with E-state index in [0.717, 1.165) is 44.8 Å². The van der Waals surface area contributed by atoms with Crippen molar-refractivity contribution in [1.29, 1.82) is 0 Å². The molecule has 1 unspecified atom stereocenters. The summed E-state index contributed by atoms with van der Waals surface area (Å²) in [6.45, 7) is 7.99. The number of nitrogens with zero attached hydrogens (tertiary/aromatic N) is 3. The van der Waals surface area contributed by atoms with Crippen molar-refractivity contribution in [1.82, 2.24) is 20.0 Å². The predicted octanol–water partition coefficient (Wildman–Crippen LogP) is 1.98. The Labute approximate surface area is 149 Å². The molecule has 23 heavy (non-hydrogen) atoms. The van der Waals surface area contributed by atoms with Gasteiger partial charge in [-0.05, 0) is 37.9 Å². The third kappa shape index (κ3) is 3.69. The first kappa shape index (κ1) is 18.6. The summed E-state index contributed by atoms with van der Waals surface area (Å²) in [5.41, 5.74) is -0.488. The number of carbonyl (C=O) groups is 1. The van der Waals surface area contributed by atoms with Crippen molar-refractivity contribution in [2.75, 3.05) is 31.9 Å². The van der Waals surface area contributed by atoms with Crippen LogP contribution in [0, 0.1) is 5.92 Å². The first-order valence-electron chi connectivity index (χ1n) is 8.25. The zero-order chi connectivity index (χ0) is 15.6. The maximum absolute atomic E-state index is 13.4. The molecule has 0 aliphatic carbocycles. The second kappa shape index (κ2) is 7.90. The van der Waals surface area contributed by atoms with Crippen molar-refractivity contribution in [2.45, 2.75) is 37.5 Å². The van der Waals surface area contributed by atoms with Crippen LogP contribution in [0.15, 0.2) is 18.5 Å². The van der Waals surface area contributed by atoms with E-state index in [1.54, 1.807) is 6.20 Å². The first-order valence-corrected chi connectivity index (χ1v) is 9.30. The average Bonchev–Trinajstić information content (AvgIpc) is 3.10. The molecule has 0 bridgehead atoms. The molecule has 1 atom stereocenters. The van der Waals surface area contributed by atoms with E-state index >= 15 is 0 Å². The summed E-state index contributed by atoms with van der Waals surface area (Å²) in [7, 11) is 0. The molecule has 0 radical (unpaired) electrons. The number of hydrogen-bond acceptors (Lipinski definition) is 4. The number of piperidine rings is 1. The minimum Gasteiger partial charge on any atom is -0.339 e. The molecule has 1 aromatic rings. The van der Waals surface area contributed by atoms with Gasteiger partial charge in [0, 0.05) is 36.5 Å². The van der Waals surface area contributed by atoms with Crippen LogP contribution in [0.2, 0.25) is 0 Å². The third-order valence-electron chi connectivity index (χ3n) is 4.90. The van der Waals surface area contributed by atoms with Gasteiger partial charge in [-0.1, -0.05) is 13.8 Å². The summed E-state index contributed by atoms with van der Waals surface area (Å²) >= 11 is 2.01. The molecule has 1 aromatic heterocycles. The second-order valence-electron chi connectivity index (χ2n) is 6.64. The van der Waals surface area contributed by atoms with Gasteiger partial charge in [0.1, 0.15) is 5.54 Å². The summed E-state index contributed by atoms with van der Waals surface area (Å²) in [6.07, 6.45) is 5.37. The number of carbonyl (C=O) groups excluding carboxylic acids is 1. The van der Waals surface area contributed by atoms with Crippen LogP contribution in [0.3, 0.4) is 0 Å². The van der Waals surface area contributed by atoms with E-state index in [-0.39, 0.29) is 18.3 Å². The van der Waals surface area contributed by atoms with Crippen LogP contribution < -0.4 is 5.32 Å². The van der Waals surface area contributed by atoms with Crippen molar-refractivity contribution in [3.8, 4) is 0 Å². The molecule has 0 saturated carbocycles. The minimum atomic E-state index is -0.488. The van der Waals surface area contributed by atoms with E-state index < -0.39 is 5.54 Å². The van der Waals surface area contributed by atoms with Crippen molar-refractivity contribution >= 4 is 30.1 Å². The molecule has 3 rings (SSSR count). The number of halogens is 1. The first-order chi connectivity index (χ1) is 10.6. The van der Waals surface area contributed by atoms with Gasteiger partial charge in [-0.25, -0.2) is 0 Å². The topological polar surface area (TPSA) is 50.2 Å². The van der Waals surface area contributed by atoms with E-state index in [0.29, 0.717) is 11.2 Å². The molecule has 7 heteroatoms. The molecule has 130 valence electrons. The summed E-state index contributed by atoms with van der Waals surface area (Å²) in [4.78, 5) is 15.5. The monoisotopic (exact) mass is 358 g/mol. The lowest BCUT2D eigenvalue weighted by molar-refractivity contribution is -0.143. The van der Waals surface area contributed by atoms with Gasteiger partial charge >= 0.3 is 0 Å². The Bertz CT molecular complexity index is 502. The van der Waals surface area contributed by atoms with Gasteiger partial charge in [0.05, 0.1) is 0 Å². The highest BCUT2D eigenvalue weighted by molar-refractivity contribution is 8.00. The summed E-state index contributed by atoms with van der Waals surface area (Å²) in [5.74, 6) is 1.92. The van der Waals surface area contributed by atoms with E-state index in [2.05, 4.69) is 29.2 Å². The maximum atomic E-state index is 13.4. The molecule has 0 spiro atoms. The highest BCUT2D eigenvalue weighted by atomic mass is 35.5. The molecule has 2 aliphatic rings. The predicted molar refractivity (Wildman–Crippen MR) is 97.2 cm³/mol. The van der Waals surface area contributed by atoms with E-state index in [1.807, 2.05) is 28.7 Å². The Balaban J connectivity index is 0.00000192. The van der Waals surface area contributed by atoms with Crippen LogP contribution in [-0.2, 0) is 10.3 Å². The molecule has 1 N–H and O–H groups in total. The highest BCUT2D eigenvalue weighted by Crippen LogP contribution is 2.32. The fraction of sp³-hybridized carbons (Fsp3) is 0.750. The van der Waals surface area contributed by atoms with Crippen molar-refractivity contribution in [2.24, 2.45) is 5.92 Å². The second-order valence-corrected chi connectivity index (χ2v) is 7.98. The number of hydrogen-bond donors (Lipinski definition) is 1. The fourth-order valence-corrected chi connectivity index (χ4v) is 4.76. The number of thioether (sulfide) groups is 1. The molecular weight excluding hydrogens is 332 g/mol. The Morgan fingerprint density at radius 2 is 2.13 bits per heavy atom. The number of rotatable bonds is 3. The molecular formula is C16H27ClN4OS. The van der Waals surface area contributed by atoms with Gasteiger partial charge in [0.15, 0.2) is 0 Å². The van der Waals surface area contributed by atoms with Gasteiger partial charge in [0.2, 0.25) is 0 Å². The largest absolute Gasteiger partial charge is 0.339 e. The van der Waals surface area contributed by atoms with Crippen LogP contribution >= 0.6 is 24.2 Å². The van der Waals surface area contributed by atoms with Crippen LogP contribution in [0.25, 0.3) is 0 Å². The zero-order valence-corrected chi connectivity index (χ0v) is 15.5. The van der Waals surface area contributed by atoms with Crippen LogP contribution in [0.4, 0.5) is 0 Å². The molecule has 5 nitrogen and oxygen atoms in total. The smallest absolute Gasteiger partial charge is 0.250 e. The van der Waals surface area contributed by atoms with Crippen LogP contribution in [0.5, 0.6) is 0 Å². The van der Waals surface area contributed by atoms with Crippen molar-refractivity contribution < 1.29 is 4.79 Å². The summed E-state index contributed by atoms with van der Waals surface area (Å²) in [6, 6.07) is 1.92. The lowest BCUT2D eigenvalue weighted by Crippen LogP contribution is -2.58. The van der Waals surface area contributed by atoms with Gasteiger partial charge in [-0.2, -0.15) is 16.9 Å². The lowest BCUT2D eigenvalue weighted by atomic mass is 9.86. The Morgan fingerprint density at radius 1 is 1.39 bits per heavy atom. The SMILES string of the molecule is CC(C)C1CN(C(=O)C2(n3cccn3)CCNCC2)CCS1.Cl. The lowest BCUT2D eigenvalue weighted by Gasteiger charge is -2.43. The van der Waals surface area contributed by atoms with Gasteiger partial charge in [-0.3, -0.25) is 9.48 Å². The number of amides is 1. The average molecular weight is 359 g/mol. The number of nitrogens with one attached hydrogen (secondary N) is 1. The Kier molecular flexibility index (Phi) is 6.40. The molecule has 2 fully saturated rings. The highest BCUT2D eigenvalue weighted by Gasteiger charge is 2.45. The minimum absolute atomic E-state index is 0. The van der Waals surface area contributed by atoms with Gasteiger partial charge in [-0.15, -0.1) is 12.4 Å². The van der Waals surface area contributed by atoms with E-state index in [4.69, 9.17) is 0 Å². The quantitative estimate of drug-likeness (QED) is 0.897. The van der Waals surface area contributed by atoms with Crippen molar-refractivity contribution in [3.05, 3.63) is 18.5 Å². The van der Waals surface area contributed by atoms with E-state index in [9.17, 15) is 4.79 Å². The molecule has 1 amide bonds. The number of aromatic nitrogens is 2. The standard InChI is InChI=1S/C16H26N4OS.ClH/c1-13(2)14-12-19(10-11-22-14)15(21)16(4-7-17-8-5-16)20-9-3-6-18-20;/h3,6,9,13-14,17H,4-5,7-8,10-12H2,1-2H3;1H. The van der Waals surface area contributed by atoms with Gasteiger partial charge < -0.3 is 10.2 Å². The van der Waals surface area contributed by atoms with Crippen molar-refractivity contribution in [3.63, 3.8) is 0 Å². The normalized spacial score (nSPS) is 24.3. The van der Waals surface area contributed by atoms with Crippen LogP contribution in [-0.4, -0.2) is 57.8 Å². The third-order valence-corrected chi connectivity index (χ3v) is 6.44. The molecule has 3 heterocycles. The van der Waals surface area contributed by atoms with E-state index in [1.165, 1.54) is 0 Å². The Hall–Kier alpha value is -0.720. The summed E-state index contributed by atoms with van der Waals surface area (Å²) < 4.78 is 1.91. The molecule has 0 aromatic carbocycles. The summed E-state index contributed by atoms with van der Waals surface area (Å²) in [5, 5.41) is 8.34. The maximum Gasteiger partial charge on any atom is 0.250 e. The fourth-order valence-electron chi connectivity index (χ4n) is 3.46. The zero-order valence-electron chi connectivity index (χ0n) is 13.9. The van der Waals surface area contributed by atoms with Gasteiger partial charge in [0.25, 0.3) is 5.91 Å².